The topological polar surface area (TPSA) is 108 Å². The minimum atomic E-state index is -1.08. The largest absolute Gasteiger partial charge is 0.481 e. The Balaban J connectivity index is 0.000000392. The van der Waals surface area contributed by atoms with Crippen molar-refractivity contribution < 1.29 is 28.9 Å². The van der Waals surface area contributed by atoms with Crippen LogP contribution in [0.15, 0.2) is 60.7 Å². The van der Waals surface area contributed by atoms with Gasteiger partial charge in [0.05, 0.1) is 23.6 Å². The molecule has 1 aliphatic heterocycles. The molecular weight excluding hydrogens is 487 g/mol. The second-order valence-electron chi connectivity index (χ2n) is 8.12. The van der Waals surface area contributed by atoms with E-state index in [4.69, 9.17) is 26.6 Å². The van der Waals surface area contributed by atoms with Crippen molar-refractivity contribution in [3.63, 3.8) is 0 Å². The van der Waals surface area contributed by atoms with Crippen molar-refractivity contribution in [2.24, 2.45) is 0 Å². The molecular formula is C27H28ClFN2O5. The van der Waals surface area contributed by atoms with Crippen molar-refractivity contribution in [1.82, 2.24) is 5.32 Å². The van der Waals surface area contributed by atoms with Gasteiger partial charge in [0.1, 0.15) is 17.3 Å². The number of halogens is 2. The molecule has 9 heteroatoms. The summed E-state index contributed by atoms with van der Waals surface area (Å²) < 4.78 is 20.3. The Bertz CT molecular complexity index is 1180. The van der Waals surface area contributed by atoms with Crippen LogP contribution in [0.25, 0.3) is 0 Å². The summed E-state index contributed by atoms with van der Waals surface area (Å²) in [7, 11) is 0. The van der Waals surface area contributed by atoms with Crippen molar-refractivity contribution in [2.45, 2.75) is 32.2 Å². The lowest BCUT2D eigenvalue weighted by Crippen LogP contribution is -2.16. The SMILES string of the molecule is Fc1cc(Oc2ccccc2)ccc1CNc1c(Cl)ccc2c1CCNCC2.O=C(O)CCC(=O)O. The molecule has 3 aromatic rings. The number of fused-ring (bicyclic) bond motifs is 1. The predicted octanol–water partition coefficient (Wildman–Crippen LogP) is 5.51. The second kappa shape index (κ2) is 13.5. The summed E-state index contributed by atoms with van der Waals surface area (Å²) in [4.78, 5) is 19.3. The van der Waals surface area contributed by atoms with E-state index in [2.05, 4.69) is 16.7 Å². The number of para-hydroxylation sites is 1. The predicted molar refractivity (Wildman–Crippen MR) is 136 cm³/mol. The molecule has 4 rings (SSSR count). The third kappa shape index (κ3) is 8.25. The zero-order chi connectivity index (χ0) is 25.9. The normalized spacial score (nSPS) is 12.4. The number of hydrogen-bond acceptors (Lipinski definition) is 5. The van der Waals surface area contributed by atoms with Crippen molar-refractivity contribution in [3.8, 4) is 11.5 Å². The Morgan fingerprint density at radius 2 is 1.64 bits per heavy atom. The standard InChI is InChI=1S/C23H22ClFN2O.C4H6O4/c24-21-9-7-16-10-12-26-13-11-20(16)23(21)27-15-17-6-8-19(14-22(17)25)28-18-4-2-1-3-5-18;5-3(6)1-2-4(7)8/h1-9,14,26-27H,10-13,15H2;1-2H2,(H,5,6)(H,7,8). The van der Waals surface area contributed by atoms with Gasteiger partial charge in [0.2, 0.25) is 0 Å². The van der Waals surface area contributed by atoms with E-state index in [0.717, 1.165) is 31.6 Å². The average Bonchev–Trinajstić information content (AvgIpc) is 3.10. The first kappa shape index (κ1) is 27.0. The molecule has 3 aromatic carbocycles. The summed E-state index contributed by atoms with van der Waals surface area (Å²) in [6, 6.07) is 18.3. The number of carboxylic acids is 2. The summed E-state index contributed by atoms with van der Waals surface area (Å²) in [5.74, 6) is -1.30. The van der Waals surface area contributed by atoms with E-state index in [1.165, 1.54) is 17.2 Å². The fourth-order valence-corrected chi connectivity index (χ4v) is 3.94. The van der Waals surface area contributed by atoms with Gasteiger partial charge < -0.3 is 25.6 Å². The second-order valence-corrected chi connectivity index (χ2v) is 8.53. The highest BCUT2D eigenvalue weighted by Crippen LogP contribution is 2.31. The lowest BCUT2D eigenvalue weighted by atomic mass is 10.0. The molecule has 0 bridgehead atoms. The third-order valence-corrected chi connectivity index (χ3v) is 5.81. The van der Waals surface area contributed by atoms with Crippen LogP contribution in [0.4, 0.5) is 10.1 Å². The van der Waals surface area contributed by atoms with Crippen molar-refractivity contribution >= 4 is 29.2 Å². The maximum atomic E-state index is 14.6. The van der Waals surface area contributed by atoms with Gasteiger partial charge in [-0.3, -0.25) is 9.59 Å². The monoisotopic (exact) mass is 514 g/mol. The minimum absolute atomic E-state index is 0.296. The van der Waals surface area contributed by atoms with Gasteiger partial charge in [-0.2, -0.15) is 0 Å². The van der Waals surface area contributed by atoms with Crippen molar-refractivity contribution in [1.29, 1.82) is 0 Å². The van der Waals surface area contributed by atoms with Gasteiger partial charge in [0.15, 0.2) is 0 Å². The Hall–Kier alpha value is -3.62. The number of ether oxygens (including phenoxy) is 1. The number of hydrogen-bond donors (Lipinski definition) is 4. The minimum Gasteiger partial charge on any atom is -0.481 e. The van der Waals surface area contributed by atoms with Crippen LogP contribution >= 0.6 is 11.6 Å². The molecule has 7 nitrogen and oxygen atoms in total. The fraction of sp³-hybridized carbons (Fsp3) is 0.259. The van der Waals surface area contributed by atoms with Crippen LogP contribution in [0.1, 0.15) is 29.5 Å². The molecule has 1 aliphatic rings. The molecule has 0 atom stereocenters. The molecule has 0 radical (unpaired) electrons. The first-order valence-corrected chi connectivity index (χ1v) is 11.9. The number of nitrogens with one attached hydrogen (secondary N) is 2. The van der Waals surface area contributed by atoms with Gasteiger partial charge in [-0.25, -0.2) is 4.39 Å². The molecule has 190 valence electrons. The zero-order valence-electron chi connectivity index (χ0n) is 19.6. The van der Waals surface area contributed by atoms with E-state index in [0.29, 0.717) is 28.6 Å². The van der Waals surface area contributed by atoms with E-state index in [9.17, 15) is 14.0 Å². The van der Waals surface area contributed by atoms with Gasteiger partial charge in [-0.05, 0) is 61.3 Å². The van der Waals surface area contributed by atoms with Gasteiger partial charge in [0, 0.05) is 18.2 Å². The van der Waals surface area contributed by atoms with E-state index in [-0.39, 0.29) is 18.7 Å². The molecule has 0 unspecified atom stereocenters. The molecule has 0 fully saturated rings. The highest BCUT2D eigenvalue weighted by molar-refractivity contribution is 6.33. The number of carbonyl (C=O) groups is 2. The highest BCUT2D eigenvalue weighted by atomic mass is 35.5. The first-order chi connectivity index (χ1) is 17.3. The molecule has 4 N–H and O–H groups in total. The van der Waals surface area contributed by atoms with Crippen molar-refractivity contribution in [3.05, 3.63) is 88.2 Å². The molecule has 36 heavy (non-hydrogen) atoms. The molecule has 0 aromatic heterocycles. The van der Waals surface area contributed by atoms with Crippen LogP contribution in [0.5, 0.6) is 11.5 Å². The van der Waals surface area contributed by atoms with E-state index >= 15 is 0 Å². The van der Waals surface area contributed by atoms with E-state index < -0.39 is 11.9 Å². The van der Waals surface area contributed by atoms with E-state index in [1.54, 1.807) is 12.1 Å². The smallest absolute Gasteiger partial charge is 0.303 e. The van der Waals surface area contributed by atoms with Crippen LogP contribution in [-0.2, 0) is 29.0 Å². The van der Waals surface area contributed by atoms with E-state index in [1.807, 2.05) is 36.4 Å². The maximum absolute atomic E-state index is 14.6. The highest BCUT2D eigenvalue weighted by Gasteiger charge is 2.15. The third-order valence-electron chi connectivity index (χ3n) is 5.49. The van der Waals surface area contributed by atoms with Gasteiger partial charge in [0.25, 0.3) is 0 Å². The molecule has 0 amide bonds. The van der Waals surface area contributed by atoms with Gasteiger partial charge in [-0.1, -0.05) is 41.9 Å². The summed E-state index contributed by atoms with van der Waals surface area (Å²) in [5.41, 5.74) is 4.00. The van der Waals surface area contributed by atoms with Crippen LogP contribution < -0.4 is 15.4 Å². The number of anilines is 1. The molecule has 0 saturated heterocycles. The van der Waals surface area contributed by atoms with Crippen LogP contribution in [0, 0.1) is 5.82 Å². The Kier molecular flexibility index (Phi) is 10.1. The molecule has 0 aliphatic carbocycles. The van der Waals surface area contributed by atoms with Gasteiger partial charge >= 0.3 is 11.9 Å². The molecule has 0 spiro atoms. The Morgan fingerprint density at radius 3 is 2.31 bits per heavy atom. The fourth-order valence-electron chi connectivity index (χ4n) is 3.69. The van der Waals surface area contributed by atoms with Crippen LogP contribution in [0.2, 0.25) is 5.02 Å². The number of rotatable bonds is 8. The summed E-state index contributed by atoms with van der Waals surface area (Å²) in [6.45, 7) is 2.24. The van der Waals surface area contributed by atoms with Crippen LogP contribution in [-0.4, -0.2) is 35.2 Å². The average molecular weight is 515 g/mol. The Labute approximate surface area is 213 Å². The van der Waals surface area contributed by atoms with Gasteiger partial charge in [-0.15, -0.1) is 0 Å². The number of benzene rings is 3. The molecule has 1 heterocycles. The summed E-state index contributed by atoms with van der Waals surface area (Å²) >= 11 is 6.44. The number of carboxylic acid groups (broad SMARTS) is 2. The maximum Gasteiger partial charge on any atom is 0.303 e. The lowest BCUT2D eigenvalue weighted by molar-refractivity contribution is -0.143. The summed E-state index contributed by atoms with van der Waals surface area (Å²) in [6.07, 6.45) is 1.29. The quantitative estimate of drug-likeness (QED) is 0.314. The zero-order valence-corrected chi connectivity index (χ0v) is 20.4. The number of aliphatic carboxylic acids is 2. The van der Waals surface area contributed by atoms with Crippen molar-refractivity contribution in [2.75, 3.05) is 18.4 Å². The lowest BCUT2D eigenvalue weighted by Gasteiger charge is -2.17. The Morgan fingerprint density at radius 1 is 0.944 bits per heavy atom. The van der Waals surface area contributed by atoms with Crippen LogP contribution in [0.3, 0.4) is 0 Å². The summed E-state index contributed by atoms with van der Waals surface area (Å²) in [5, 5.41) is 23.2. The molecule has 0 saturated carbocycles. The first-order valence-electron chi connectivity index (χ1n) is 11.5.